The van der Waals surface area contributed by atoms with Crippen molar-refractivity contribution < 1.29 is 4.74 Å². The van der Waals surface area contributed by atoms with Crippen molar-refractivity contribution in [3.05, 3.63) is 28.8 Å². The number of hydrogen-bond acceptors (Lipinski definition) is 3. The molecule has 0 aromatic heterocycles. The smallest absolute Gasteiger partial charge is 0.0507 e. The lowest BCUT2D eigenvalue weighted by molar-refractivity contribution is 0.143. The first-order valence-electron chi connectivity index (χ1n) is 6.97. The number of nitrogens with zero attached hydrogens (tertiary/aromatic N) is 1. The Labute approximate surface area is 120 Å². The van der Waals surface area contributed by atoms with Crippen LogP contribution in [0.4, 0.5) is 5.69 Å². The minimum atomic E-state index is 0.614. The second kappa shape index (κ2) is 7.13. The number of halogens is 1. The van der Waals surface area contributed by atoms with Gasteiger partial charge in [-0.3, -0.25) is 0 Å². The fourth-order valence-electron chi connectivity index (χ4n) is 2.85. The molecule has 106 valence electrons. The number of piperidine rings is 1. The molecule has 19 heavy (non-hydrogen) atoms. The monoisotopic (exact) mass is 282 g/mol. The van der Waals surface area contributed by atoms with Crippen molar-refractivity contribution in [1.29, 1.82) is 0 Å². The van der Waals surface area contributed by atoms with Gasteiger partial charge < -0.3 is 15.4 Å². The first-order chi connectivity index (χ1) is 9.24. The highest BCUT2D eigenvalue weighted by Crippen LogP contribution is 2.29. The van der Waals surface area contributed by atoms with E-state index in [2.05, 4.69) is 17.0 Å². The van der Waals surface area contributed by atoms with E-state index in [0.29, 0.717) is 12.5 Å². The van der Waals surface area contributed by atoms with Crippen LogP contribution >= 0.6 is 11.6 Å². The fourth-order valence-corrected chi connectivity index (χ4v) is 3.02. The molecule has 1 unspecified atom stereocenters. The summed E-state index contributed by atoms with van der Waals surface area (Å²) in [5, 5.41) is 0.796. The summed E-state index contributed by atoms with van der Waals surface area (Å²) in [5.41, 5.74) is 8.25. The van der Waals surface area contributed by atoms with E-state index in [0.717, 1.165) is 31.1 Å². The lowest BCUT2D eigenvalue weighted by Crippen LogP contribution is -2.37. The van der Waals surface area contributed by atoms with Gasteiger partial charge in [0.15, 0.2) is 0 Å². The van der Waals surface area contributed by atoms with Crippen molar-refractivity contribution >= 4 is 17.3 Å². The van der Waals surface area contributed by atoms with Crippen molar-refractivity contribution in [2.75, 3.05) is 38.3 Å². The van der Waals surface area contributed by atoms with Crippen LogP contribution in [-0.2, 0) is 11.2 Å². The average molecular weight is 283 g/mol. The predicted molar refractivity (Wildman–Crippen MR) is 81.0 cm³/mol. The van der Waals surface area contributed by atoms with Crippen molar-refractivity contribution in [2.24, 2.45) is 11.7 Å². The van der Waals surface area contributed by atoms with Crippen LogP contribution in [0.2, 0.25) is 5.02 Å². The van der Waals surface area contributed by atoms with E-state index < -0.39 is 0 Å². The molecule has 1 fully saturated rings. The predicted octanol–water partition coefficient (Wildman–Crippen LogP) is 2.70. The fraction of sp³-hybridized carbons (Fsp3) is 0.600. The van der Waals surface area contributed by atoms with Crippen LogP contribution in [-0.4, -0.2) is 33.4 Å². The van der Waals surface area contributed by atoms with Crippen LogP contribution in [0, 0.1) is 5.92 Å². The Morgan fingerprint density at radius 3 is 3.05 bits per heavy atom. The summed E-state index contributed by atoms with van der Waals surface area (Å²) < 4.78 is 5.29. The third kappa shape index (κ3) is 3.85. The van der Waals surface area contributed by atoms with Crippen LogP contribution in [0.5, 0.6) is 0 Å². The highest BCUT2D eigenvalue weighted by atomic mass is 35.5. The van der Waals surface area contributed by atoms with Gasteiger partial charge in [0.1, 0.15) is 0 Å². The second-order valence-corrected chi connectivity index (χ2v) is 5.66. The van der Waals surface area contributed by atoms with E-state index in [1.54, 1.807) is 7.11 Å². The van der Waals surface area contributed by atoms with Crippen LogP contribution in [0.3, 0.4) is 0 Å². The summed E-state index contributed by atoms with van der Waals surface area (Å²) >= 11 is 6.15. The second-order valence-electron chi connectivity index (χ2n) is 5.22. The van der Waals surface area contributed by atoms with Gasteiger partial charge in [0.2, 0.25) is 0 Å². The molecule has 1 aliphatic rings. The zero-order chi connectivity index (χ0) is 13.7. The highest BCUT2D eigenvalue weighted by molar-refractivity contribution is 6.30. The summed E-state index contributed by atoms with van der Waals surface area (Å²) in [5.74, 6) is 0.614. The molecule has 1 aliphatic heterocycles. The molecule has 0 bridgehead atoms. The molecule has 3 nitrogen and oxygen atoms in total. The minimum Gasteiger partial charge on any atom is -0.384 e. The molecule has 1 heterocycles. The zero-order valence-electron chi connectivity index (χ0n) is 11.6. The van der Waals surface area contributed by atoms with E-state index in [9.17, 15) is 0 Å². The Morgan fingerprint density at radius 1 is 1.47 bits per heavy atom. The number of methoxy groups -OCH3 is 1. The SMILES string of the molecule is COCC1CCCN(c2cc(Cl)ccc2CCN)C1. The maximum Gasteiger partial charge on any atom is 0.0507 e. The van der Waals surface area contributed by atoms with E-state index in [4.69, 9.17) is 22.1 Å². The number of anilines is 1. The molecule has 0 saturated carbocycles. The molecule has 2 N–H and O–H groups in total. The van der Waals surface area contributed by atoms with E-state index in [1.165, 1.54) is 24.1 Å². The normalized spacial score (nSPS) is 19.7. The van der Waals surface area contributed by atoms with Crippen molar-refractivity contribution in [3.8, 4) is 0 Å². The van der Waals surface area contributed by atoms with E-state index in [-0.39, 0.29) is 0 Å². The summed E-state index contributed by atoms with van der Waals surface area (Å²) in [6, 6.07) is 6.12. The van der Waals surface area contributed by atoms with E-state index >= 15 is 0 Å². The summed E-state index contributed by atoms with van der Waals surface area (Å²) in [6.07, 6.45) is 3.36. The molecule has 2 rings (SSSR count). The van der Waals surface area contributed by atoms with Crippen LogP contribution in [0.15, 0.2) is 18.2 Å². The van der Waals surface area contributed by atoms with E-state index in [1.807, 2.05) is 6.07 Å². The van der Waals surface area contributed by atoms with Crippen molar-refractivity contribution in [1.82, 2.24) is 0 Å². The van der Waals surface area contributed by atoms with Gasteiger partial charge in [-0.15, -0.1) is 0 Å². The van der Waals surface area contributed by atoms with Gasteiger partial charge in [-0.1, -0.05) is 17.7 Å². The lowest BCUT2D eigenvalue weighted by Gasteiger charge is -2.35. The van der Waals surface area contributed by atoms with Gasteiger partial charge in [0.05, 0.1) is 6.61 Å². The third-order valence-electron chi connectivity index (χ3n) is 3.72. The molecule has 4 heteroatoms. The average Bonchev–Trinajstić information content (AvgIpc) is 2.42. The first-order valence-corrected chi connectivity index (χ1v) is 7.34. The zero-order valence-corrected chi connectivity index (χ0v) is 12.3. The minimum absolute atomic E-state index is 0.614. The molecule has 0 radical (unpaired) electrons. The molecular formula is C15H23ClN2O. The maximum absolute atomic E-state index is 6.15. The van der Waals surface area contributed by atoms with Gasteiger partial charge in [0.25, 0.3) is 0 Å². The molecule has 0 spiro atoms. The van der Waals surface area contributed by atoms with Gasteiger partial charge in [-0.2, -0.15) is 0 Å². The molecule has 1 saturated heterocycles. The van der Waals surface area contributed by atoms with Gasteiger partial charge >= 0.3 is 0 Å². The molecule has 0 aliphatic carbocycles. The number of benzene rings is 1. The summed E-state index contributed by atoms with van der Waals surface area (Å²) in [4.78, 5) is 2.43. The number of hydrogen-bond donors (Lipinski definition) is 1. The van der Waals surface area contributed by atoms with Gasteiger partial charge in [-0.25, -0.2) is 0 Å². The summed E-state index contributed by atoms with van der Waals surface area (Å²) in [6.45, 7) is 3.65. The molecule has 1 aromatic carbocycles. The topological polar surface area (TPSA) is 38.5 Å². The van der Waals surface area contributed by atoms with Gasteiger partial charge in [-0.05, 0) is 49.4 Å². The Morgan fingerprint density at radius 2 is 2.32 bits per heavy atom. The summed E-state index contributed by atoms with van der Waals surface area (Å²) in [7, 11) is 1.78. The van der Waals surface area contributed by atoms with Crippen LogP contribution < -0.4 is 10.6 Å². The quantitative estimate of drug-likeness (QED) is 0.902. The number of ether oxygens (including phenoxy) is 1. The number of nitrogens with two attached hydrogens (primary N) is 1. The third-order valence-corrected chi connectivity index (χ3v) is 3.96. The Balaban J connectivity index is 2.17. The van der Waals surface area contributed by atoms with Gasteiger partial charge in [0, 0.05) is 30.9 Å². The van der Waals surface area contributed by atoms with Crippen molar-refractivity contribution in [2.45, 2.75) is 19.3 Å². The number of rotatable bonds is 5. The van der Waals surface area contributed by atoms with Crippen molar-refractivity contribution in [3.63, 3.8) is 0 Å². The lowest BCUT2D eigenvalue weighted by atomic mass is 9.97. The maximum atomic E-state index is 6.15. The molecule has 0 amide bonds. The Hall–Kier alpha value is -0.770. The first kappa shape index (κ1) is 14.6. The molecule has 1 aromatic rings. The van der Waals surface area contributed by atoms with Crippen LogP contribution in [0.25, 0.3) is 0 Å². The standard InChI is InChI=1S/C15H23ClN2O/c1-19-11-12-3-2-8-18(10-12)15-9-14(16)5-4-13(15)6-7-17/h4-5,9,12H,2-3,6-8,10-11,17H2,1H3. The Bertz CT molecular complexity index is 409. The highest BCUT2D eigenvalue weighted by Gasteiger charge is 2.21. The van der Waals surface area contributed by atoms with Crippen LogP contribution in [0.1, 0.15) is 18.4 Å². The largest absolute Gasteiger partial charge is 0.384 e. The Kier molecular flexibility index (Phi) is 5.49. The molecule has 1 atom stereocenters. The molecular weight excluding hydrogens is 260 g/mol.